The summed E-state index contributed by atoms with van der Waals surface area (Å²) >= 11 is 0. The van der Waals surface area contributed by atoms with Gasteiger partial charge in [0.05, 0.1) is 25.2 Å². The zero-order chi connectivity index (χ0) is 12.4. The summed E-state index contributed by atoms with van der Waals surface area (Å²) in [5, 5.41) is 6.57. The lowest BCUT2D eigenvalue weighted by atomic mass is 10.2. The first-order chi connectivity index (χ1) is 8.09. The van der Waals surface area contributed by atoms with Gasteiger partial charge in [-0.25, -0.2) is 0 Å². The van der Waals surface area contributed by atoms with Gasteiger partial charge in [0.25, 0.3) is 0 Å². The van der Waals surface area contributed by atoms with Gasteiger partial charge in [0, 0.05) is 12.1 Å². The molecule has 0 bridgehead atoms. The molecule has 0 saturated carbocycles. The van der Waals surface area contributed by atoms with Crippen molar-refractivity contribution < 1.29 is 14.1 Å². The topological polar surface area (TPSA) is 75.4 Å². The molecular weight excluding hydrogens is 222 g/mol. The lowest BCUT2D eigenvalue weighted by Gasteiger charge is -2.18. The van der Waals surface area contributed by atoms with Crippen LogP contribution in [0.2, 0.25) is 0 Å². The van der Waals surface area contributed by atoms with Gasteiger partial charge in [-0.15, -0.1) is 0 Å². The molecule has 92 valence electrons. The van der Waals surface area contributed by atoms with Gasteiger partial charge in [-0.05, 0) is 13.8 Å². The molecule has 1 aromatic heterocycles. The van der Waals surface area contributed by atoms with Crippen LogP contribution < -0.4 is 5.32 Å². The summed E-state index contributed by atoms with van der Waals surface area (Å²) in [4.78, 5) is 24.8. The van der Waals surface area contributed by atoms with E-state index in [9.17, 15) is 9.59 Å². The summed E-state index contributed by atoms with van der Waals surface area (Å²) in [6.45, 7) is 4.05. The third kappa shape index (κ3) is 2.36. The number of amides is 2. The predicted octanol–water partition coefficient (Wildman–Crippen LogP) is 0.300. The van der Waals surface area contributed by atoms with Crippen LogP contribution in [-0.4, -0.2) is 34.0 Å². The summed E-state index contributed by atoms with van der Waals surface area (Å²) in [6, 6.07) is 1.18. The molecule has 0 aliphatic carbocycles. The fraction of sp³-hybridized carbons (Fsp3) is 0.545. The molecule has 0 aromatic carbocycles. The number of hydrogen-bond donors (Lipinski definition) is 1. The van der Waals surface area contributed by atoms with Crippen LogP contribution in [0.5, 0.6) is 0 Å². The number of hydrogen-bond acceptors (Lipinski definition) is 5. The number of carbonyl (C=O) groups excluding carboxylic acids is 2. The van der Waals surface area contributed by atoms with Crippen molar-refractivity contribution in [2.45, 2.75) is 38.9 Å². The number of imide groups is 1. The minimum Gasteiger partial charge on any atom is -0.360 e. The molecule has 0 radical (unpaired) electrons. The highest BCUT2D eigenvalue weighted by atomic mass is 16.5. The predicted molar refractivity (Wildman–Crippen MR) is 58.7 cm³/mol. The normalized spacial score (nSPS) is 20.6. The van der Waals surface area contributed by atoms with E-state index in [1.807, 2.05) is 13.8 Å². The van der Waals surface area contributed by atoms with Gasteiger partial charge in [-0.3, -0.25) is 19.8 Å². The second-order valence-corrected chi connectivity index (χ2v) is 4.31. The molecule has 1 aliphatic rings. The summed E-state index contributed by atoms with van der Waals surface area (Å²) in [6.07, 6.45) is 1.75. The molecular formula is C11H15N3O3. The zero-order valence-corrected chi connectivity index (χ0v) is 9.84. The van der Waals surface area contributed by atoms with E-state index in [-0.39, 0.29) is 24.3 Å². The first kappa shape index (κ1) is 11.8. The third-order valence-corrected chi connectivity index (χ3v) is 2.71. The second-order valence-electron chi connectivity index (χ2n) is 4.31. The molecule has 6 nitrogen and oxygen atoms in total. The van der Waals surface area contributed by atoms with Crippen molar-refractivity contribution in [3.05, 3.63) is 18.0 Å². The summed E-state index contributed by atoms with van der Waals surface area (Å²) in [7, 11) is 0. The van der Waals surface area contributed by atoms with Gasteiger partial charge in [-0.1, -0.05) is 5.16 Å². The molecule has 6 heteroatoms. The lowest BCUT2D eigenvalue weighted by Crippen LogP contribution is -2.41. The van der Waals surface area contributed by atoms with Crippen molar-refractivity contribution in [2.24, 2.45) is 0 Å². The Bertz CT molecular complexity index is 414. The second kappa shape index (κ2) is 4.67. The Morgan fingerprint density at radius 3 is 2.88 bits per heavy atom. The number of nitrogens with zero attached hydrogens (tertiary/aromatic N) is 2. The first-order valence-corrected chi connectivity index (χ1v) is 5.58. The Morgan fingerprint density at radius 1 is 1.59 bits per heavy atom. The molecule has 0 spiro atoms. The van der Waals surface area contributed by atoms with E-state index >= 15 is 0 Å². The van der Waals surface area contributed by atoms with Crippen molar-refractivity contribution in [3.8, 4) is 0 Å². The fourth-order valence-corrected chi connectivity index (χ4v) is 1.91. The van der Waals surface area contributed by atoms with E-state index in [1.165, 1.54) is 4.90 Å². The van der Waals surface area contributed by atoms with Gasteiger partial charge in [0.15, 0.2) is 0 Å². The Morgan fingerprint density at radius 2 is 2.35 bits per heavy atom. The van der Waals surface area contributed by atoms with Crippen molar-refractivity contribution in [3.63, 3.8) is 0 Å². The van der Waals surface area contributed by atoms with Crippen molar-refractivity contribution in [2.75, 3.05) is 0 Å². The van der Waals surface area contributed by atoms with Gasteiger partial charge in [0.2, 0.25) is 11.8 Å². The average molecular weight is 237 g/mol. The maximum atomic E-state index is 11.9. The van der Waals surface area contributed by atoms with Crippen molar-refractivity contribution in [1.82, 2.24) is 15.4 Å². The minimum atomic E-state index is -0.449. The van der Waals surface area contributed by atoms with E-state index in [0.29, 0.717) is 12.3 Å². The van der Waals surface area contributed by atoms with E-state index in [4.69, 9.17) is 4.52 Å². The molecule has 17 heavy (non-hydrogen) atoms. The molecule has 2 heterocycles. The van der Waals surface area contributed by atoms with Crippen molar-refractivity contribution >= 4 is 11.8 Å². The maximum absolute atomic E-state index is 11.9. The van der Waals surface area contributed by atoms with Crippen LogP contribution in [0.25, 0.3) is 0 Å². The Balaban J connectivity index is 1.95. The summed E-state index contributed by atoms with van der Waals surface area (Å²) in [5.74, 6) is 0.359. The van der Waals surface area contributed by atoms with Crippen LogP contribution in [0.15, 0.2) is 16.8 Å². The monoisotopic (exact) mass is 237 g/mol. The molecule has 1 atom stereocenters. The minimum absolute atomic E-state index is 0.0907. The van der Waals surface area contributed by atoms with Crippen LogP contribution in [0.1, 0.15) is 26.0 Å². The van der Waals surface area contributed by atoms with Crippen molar-refractivity contribution in [1.29, 1.82) is 0 Å². The van der Waals surface area contributed by atoms with Crippen LogP contribution in [0.3, 0.4) is 0 Å². The van der Waals surface area contributed by atoms with E-state index in [1.54, 1.807) is 12.3 Å². The molecule has 2 amide bonds. The number of aromatic nitrogens is 1. The number of nitrogens with one attached hydrogen (secondary N) is 1. The lowest BCUT2D eigenvalue weighted by molar-refractivity contribution is -0.140. The number of rotatable bonds is 4. The van der Waals surface area contributed by atoms with Crippen LogP contribution in [-0.2, 0) is 16.1 Å². The highest BCUT2D eigenvalue weighted by Gasteiger charge is 2.39. The number of likely N-dealkylation sites (tertiary alicyclic amines) is 1. The van der Waals surface area contributed by atoms with Gasteiger partial charge in [-0.2, -0.15) is 0 Å². The Kier molecular flexibility index (Phi) is 3.23. The molecule has 1 aliphatic heterocycles. The summed E-state index contributed by atoms with van der Waals surface area (Å²) < 4.78 is 4.91. The van der Waals surface area contributed by atoms with Gasteiger partial charge in [0.1, 0.15) is 5.76 Å². The Hall–Kier alpha value is -1.69. The zero-order valence-electron chi connectivity index (χ0n) is 9.84. The molecule has 1 saturated heterocycles. The largest absolute Gasteiger partial charge is 0.360 e. The highest BCUT2D eigenvalue weighted by molar-refractivity contribution is 6.05. The van der Waals surface area contributed by atoms with E-state index in [0.717, 1.165) is 0 Å². The molecule has 1 aromatic rings. The molecule has 1 unspecified atom stereocenters. The molecule has 2 rings (SSSR count). The summed E-state index contributed by atoms with van der Waals surface area (Å²) in [5.41, 5.74) is 0. The fourth-order valence-electron chi connectivity index (χ4n) is 1.91. The van der Waals surface area contributed by atoms with E-state index in [2.05, 4.69) is 10.5 Å². The maximum Gasteiger partial charge on any atom is 0.247 e. The smallest absolute Gasteiger partial charge is 0.247 e. The first-order valence-electron chi connectivity index (χ1n) is 5.58. The molecule has 1 N–H and O–H groups in total. The highest BCUT2D eigenvalue weighted by Crippen LogP contribution is 2.16. The molecule has 1 fully saturated rings. The quantitative estimate of drug-likeness (QED) is 0.762. The average Bonchev–Trinajstić information content (AvgIpc) is 2.84. The van der Waals surface area contributed by atoms with Crippen LogP contribution in [0, 0.1) is 0 Å². The van der Waals surface area contributed by atoms with Gasteiger partial charge >= 0.3 is 0 Å². The van der Waals surface area contributed by atoms with Crippen LogP contribution >= 0.6 is 0 Å². The Labute approximate surface area is 98.9 Å². The third-order valence-electron chi connectivity index (χ3n) is 2.71. The van der Waals surface area contributed by atoms with E-state index < -0.39 is 6.04 Å². The van der Waals surface area contributed by atoms with Crippen LogP contribution in [0.4, 0.5) is 0 Å². The SMILES string of the molecule is CC(C)N1C(=O)CC(NCc2ccno2)C1=O. The van der Waals surface area contributed by atoms with Gasteiger partial charge < -0.3 is 4.52 Å². The number of carbonyl (C=O) groups is 2. The standard InChI is InChI=1S/C11H15N3O3/c1-7(2)14-10(15)5-9(11(14)16)12-6-8-3-4-13-17-8/h3-4,7,9,12H,5-6H2,1-2H3.